The fourth-order valence-corrected chi connectivity index (χ4v) is 5.53. The van der Waals surface area contributed by atoms with Crippen LogP contribution in [0.25, 0.3) is 43.9 Å². The predicted octanol–water partition coefficient (Wildman–Crippen LogP) is 10.6. The lowest BCUT2D eigenvalue weighted by Crippen LogP contribution is -1.87. The zero-order valence-corrected chi connectivity index (χ0v) is 24.5. The Hall–Kier alpha value is -4.55. The number of furan rings is 2. The molecule has 0 amide bonds. The summed E-state index contributed by atoms with van der Waals surface area (Å²) in [5.74, 6) is 0. The molecular weight excluding hydrogens is 617 g/mol. The lowest BCUT2D eigenvalue weighted by atomic mass is 10.0. The van der Waals surface area contributed by atoms with E-state index in [1.54, 1.807) is 0 Å². The highest BCUT2D eigenvalue weighted by Crippen LogP contribution is 2.32. The smallest absolute Gasteiger partial charge is 0.148 e. The van der Waals surface area contributed by atoms with E-state index in [0.717, 1.165) is 38.0 Å². The molecule has 0 aliphatic carbocycles. The fourth-order valence-electron chi connectivity index (χ4n) is 4.93. The van der Waals surface area contributed by atoms with Gasteiger partial charge in [-0.2, -0.15) is 0 Å². The van der Waals surface area contributed by atoms with Gasteiger partial charge in [0.1, 0.15) is 22.3 Å². The van der Waals surface area contributed by atoms with Crippen molar-refractivity contribution >= 4 is 72.2 Å². The van der Waals surface area contributed by atoms with Crippen LogP contribution in [0.1, 0.15) is 11.1 Å². The Labute approximate surface area is 252 Å². The lowest BCUT2D eigenvalue weighted by Gasteiger charge is -2.02. The molecule has 4 heteroatoms. The molecule has 41 heavy (non-hydrogen) atoms. The Morgan fingerprint density at radius 3 is 1.56 bits per heavy atom. The molecule has 8 rings (SSSR count). The standard InChI is InChI=1S/C19H14O.C12H7IO.C6H7N/c1-2-7-14(8-3-1)13-15-9-6-11-17-16-10-4-5-12-18(16)20-19(15)17;13-10-6-3-5-9-8-4-1-2-7-11(8)14-12(9)10;7-6-4-2-1-3-5-6/h1-12H,13H2;1-7H;1-5H,7H2. The number of hydrogen-bond donors (Lipinski definition) is 1. The molecule has 6 aromatic carbocycles. The average Bonchev–Trinajstić information content (AvgIpc) is 3.59. The van der Waals surface area contributed by atoms with E-state index in [0.29, 0.717) is 0 Å². The van der Waals surface area contributed by atoms with Crippen molar-refractivity contribution in [1.29, 1.82) is 0 Å². The number of halogens is 1. The lowest BCUT2D eigenvalue weighted by molar-refractivity contribution is 0.664. The molecule has 0 aliphatic heterocycles. The van der Waals surface area contributed by atoms with Gasteiger partial charge in [0.25, 0.3) is 0 Å². The zero-order chi connectivity index (χ0) is 28.0. The monoisotopic (exact) mass is 645 g/mol. The minimum Gasteiger partial charge on any atom is -0.456 e. The fraction of sp³-hybridized carbons (Fsp3) is 0.0270. The van der Waals surface area contributed by atoms with Crippen molar-refractivity contribution < 1.29 is 8.83 Å². The summed E-state index contributed by atoms with van der Waals surface area (Å²) < 4.78 is 13.0. The number of nitrogen functional groups attached to an aromatic ring is 1. The predicted molar refractivity (Wildman–Crippen MR) is 180 cm³/mol. The normalized spacial score (nSPS) is 10.8. The van der Waals surface area contributed by atoms with Gasteiger partial charge in [0.05, 0.1) is 3.57 Å². The summed E-state index contributed by atoms with van der Waals surface area (Å²) in [6.45, 7) is 0. The van der Waals surface area contributed by atoms with E-state index in [9.17, 15) is 0 Å². The van der Waals surface area contributed by atoms with E-state index >= 15 is 0 Å². The van der Waals surface area contributed by atoms with Crippen LogP contribution in [0, 0.1) is 3.57 Å². The highest BCUT2D eigenvalue weighted by atomic mass is 127. The number of fused-ring (bicyclic) bond motifs is 6. The topological polar surface area (TPSA) is 52.3 Å². The van der Waals surface area contributed by atoms with Gasteiger partial charge in [-0.05, 0) is 64.0 Å². The summed E-state index contributed by atoms with van der Waals surface area (Å²) in [5, 5.41) is 4.79. The number of anilines is 1. The quantitative estimate of drug-likeness (QED) is 0.150. The average molecular weight is 646 g/mol. The number of benzene rings is 6. The number of rotatable bonds is 2. The Bertz CT molecular complexity index is 2040. The van der Waals surface area contributed by atoms with E-state index in [1.807, 2.05) is 66.7 Å². The van der Waals surface area contributed by atoms with Crippen molar-refractivity contribution in [3.05, 3.63) is 160 Å². The van der Waals surface area contributed by atoms with E-state index < -0.39 is 0 Å². The van der Waals surface area contributed by atoms with E-state index in [1.165, 1.54) is 32.7 Å². The van der Waals surface area contributed by atoms with Crippen molar-refractivity contribution in [2.24, 2.45) is 0 Å². The SMILES string of the molecule is Ic1cccc2c1oc1ccccc12.Nc1ccccc1.c1ccc(Cc2cccc3c2oc2ccccc23)cc1. The van der Waals surface area contributed by atoms with Crippen LogP contribution in [-0.2, 0) is 6.42 Å². The van der Waals surface area contributed by atoms with Crippen LogP contribution in [0.2, 0.25) is 0 Å². The minimum atomic E-state index is 0.822. The van der Waals surface area contributed by atoms with E-state index in [4.69, 9.17) is 14.6 Å². The maximum Gasteiger partial charge on any atom is 0.148 e. The van der Waals surface area contributed by atoms with Gasteiger partial charge >= 0.3 is 0 Å². The molecule has 0 saturated heterocycles. The maximum absolute atomic E-state index is 6.06. The molecule has 0 unspecified atom stereocenters. The summed E-state index contributed by atoms with van der Waals surface area (Å²) in [6.07, 6.45) is 0.901. The van der Waals surface area contributed by atoms with Crippen LogP contribution in [0.15, 0.2) is 154 Å². The highest BCUT2D eigenvalue weighted by molar-refractivity contribution is 14.1. The molecule has 0 aliphatic rings. The molecular formula is C37H28INO2. The van der Waals surface area contributed by atoms with Crippen molar-refractivity contribution in [2.45, 2.75) is 6.42 Å². The molecule has 3 nitrogen and oxygen atoms in total. The number of para-hydroxylation sites is 5. The summed E-state index contributed by atoms with van der Waals surface area (Å²) in [6, 6.07) is 49.0. The molecule has 0 atom stereocenters. The summed E-state index contributed by atoms with van der Waals surface area (Å²) >= 11 is 2.30. The van der Waals surface area contributed by atoms with Gasteiger partial charge in [-0.1, -0.05) is 115 Å². The molecule has 0 spiro atoms. The molecule has 0 saturated carbocycles. The second kappa shape index (κ2) is 12.3. The van der Waals surface area contributed by atoms with Gasteiger partial charge in [-0.25, -0.2) is 0 Å². The van der Waals surface area contributed by atoms with Crippen LogP contribution in [-0.4, -0.2) is 0 Å². The third-order valence-corrected chi connectivity index (χ3v) is 7.73. The molecule has 200 valence electrons. The van der Waals surface area contributed by atoms with Crippen molar-refractivity contribution in [3.8, 4) is 0 Å². The number of hydrogen-bond acceptors (Lipinski definition) is 3. The molecule has 0 radical (unpaired) electrons. The molecule has 0 fully saturated rings. The molecule has 0 bridgehead atoms. The largest absolute Gasteiger partial charge is 0.456 e. The Balaban J connectivity index is 0.000000124. The van der Waals surface area contributed by atoms with Gasteiger partial charge < -0.3 is 14.6 Å². The van der Waals surface area contributed by atoms with E-state index in [2.05, 4.69) is 101 Å². The van der Waals surface area contributed by atoms with Gasteiger partial charge in [0, 0.05) is 33.7 Å². The van der Waals surface area contributed by atoms with Crippen molar-refractivity contribution in [3.63, 3.8) is 0 Å². The Morgan fingerprint density at radius 1 is 0.463 bits per heavy atom. The van der Waals surface area contributed by atoms with Crippen LogP contribution in [0.3, 0.4) is 0 Å². The third-order valence-electron chi connectivity index (χ3n) is 6.88. The van der Waals surface area contributed by atoms with Crippen LogP contribution in [0.4, 0.5) is 5.69 Å². The number of nitrogens with two attached hydrogens (primary N) is 1. The molecule has 2 heterocycles. The first-order valence-electron chi connectivity index (χ1n) is 13.5. The first-order valence-corrected chi connectivity index (χ1v) is 14.5. The minimum absolute atomic E-state index is 0.822. The Morgan fingerprint density at radius 2 is 0.951 bits per heavy atom. The molecule has 2 aromatic heterocycles. The second-order valence-corrected chi connectivity index (χ2v) is 10.8. The Kier molecular flexibility index (Phi) is 8.01. The first kappa shape index (κ1) is 26.7. The summed E-state index contributed by atoms with van der Waals surface area (Å²) in [4.78, 5) is 0. The maximum atomic E-state index is 6.06. The second-order valence-electron chi connectivity index (χ2n) is 9.68. The highest BCUT2D eigenvalue weighted by Gasteiger charge is 2.10. The van der Waals surface area contributed by atoms with Crippen LogP contribution < -0.4 is 5.73 Å². The first-order chi connectivity index (χ1) is 20.2. The van der Waals surface area contributed by atoms with Gasteiger partial charge in [0.15, 0.2) is 0 Å². The van der Waals surface area contributed by atoms with Crippen molar-refractivity contribution in [1.82, 2.24) is 0 Å². The zero-order valence-electron chi connectivity index (χ0n) is 22.3. The third kappa shape index (κ3) is 5.98. The van der Waals surface area contributed by atoms with E-state index in [-0.39, 0.29) is 0 Å². The molecule has 8 aromatic rings. The molecule has 2 N–H and O–H groups in total. The van der Waals surface area contributed by atoms with Gasteiger partial charge in [0.2, 0.25) is 0 Å². The van der Waals surface area contributed by atoms with Gasteiger partial charge in [-0.15, -0.1) is 0 Å². The van der Waals surface area contributed by atoms with Crippen LogP contribution in [0.5, 0.6) is 0 Å². The summed E-state index contributed by atoms with van der Waals surface area (Å²) in [5.41, 5.74) is 12.7. The van der Waals surface area contributed by atoms with Crippen molar-refractivity contribution in [2.75, 3.05) is 5.73 Å². The van der Waals surface area contributed by atoms with Crippen LogP contribution >= 0.6 is 22.6 Å². The van der Waals surface area contributed by atoms with Gasteiger partial charge in [-0.3, -0.25) is 0 Å². The summed E-state index contributed by atoms with van der Waals surface area (Å²) in [7, 11) is 0.